The van der Waals surface area contributed by atoms with Gasteiger partial charge < -0.3 is 0 Å². The van der Waals surface area contributed by atoms with E-state index < -0.39 is 9.22 Å². The van der Waals surface area contributed by atoms with E-state index in [-0.39, 0.29) is 0 Å². The second-order valence-corrected chi connectivity index (χ2v) is 11.3. The van der Waals surface area contributed by atoms with Crippen LogP contribution in [0.3, 0.4) is 0 Å². The van der Waals surface area contributed by atoms with Crippen molar-refractivity contribution in [1.29, 1.82) is 0 Å². The number of hydrogen-bond acceptors (Lipinski definition) is 7. The first-order valence-electron chi connectivity index (χ1n) is 5.94. The van der Waals surface area contributed by atoms with Crippen molar-refractivity contribution in [1.82, 2.24) is 0 Å². The fourth-order valence-corrected chi connectivity index (χ4v) is 5.60. The molecule has 0 unspecified atom stereocenters. The van der Waals surface area contributed by atoms with Gasteiger partial charge in [-0.3, -0.25) is 4.84 Å². The van der Waals surface area contributed by atoms with E-state index in [0.29, 0.717) is 5.00 Å². The highest BCUT2D eigenvalue weighted by molar-refractivity contribution is 8.18. The van der Waals surface area contributed by atoms with E-state index in [0.717, 1.165) is 39.8 Å². The number of hydrogen-bond donors (Lipinski definition) is 0. The standard InChI is InChI=1S/C11H11Cl3N2O2S4/c1-7-4-9(21-5-7)16(22-11(12,13)14)10(17)18-15-8-6-19-2-3-20-8/h4-5H,2-3,6H2,1H3. The summed E-state index contributed by atoms with van der Waals surface area (Å²) >= 11 is 22.8. The largest absolute Gasteiger partial charge is 0.451 e. The van der Waals surface area contributed by atoms with E-state index in [1.807, 2.05) is 18.4 Å². The Labute approximate surface area is 160 Å². The van der Waals surface area contributed by atoms with Crippen molar-refractivity contribution in [2.45, 2.75) is 10.0 Å². The molecule has 11 heteroatoms. The Morgan fingerprint density at radius 3 is 2.77 bits per heavy atom. The molecule has 0 aliphatic carbocycles. The maximum Gasteiger partial charge on any atom is 0.451 e. The Morgan fingerprint density at radius 2 is 2.23 bits per heavy atom. The first-order chi connectivity index (χ1) is 10.3. The predicted molar refractivity (Wildman–Crippen MR) is 103 cm³/mol. The van der Waals surface area contributed by atoms with E-state index in [1.165, 1.54) is 15.6 Å². The third kappa shape index (κ3) is 6.22. The van der Waals surface area contributed by atoms with Crippen LogP contribution in [0.15, 0.2) is 16.6 Å². The lowest BCUT2D eigenvalue weighted by Crippen LogP contribution is -2.26. The molecule has 1 aliphatic rings. The summed E-state index contributed by atoms with van der Waals surface area (Å²) in [6.45, 7) is 1.92. The molecule has 122 valence electrons. The molecule has 1 amide bonds. The van der Waals surface area contributed by atoms with Crippen LogP contribution < -0.4 is 4.31 Å². The predicted octanol–water partition coefficient (Wildman–Crippen LogP) is 5.77. The molecule has 0 spiro atoms. The lowest BCUT2D eigenvalue weighted by Gasteiger charge is -2.21. The lowest BCUT2D eigenvalue weighted by atomic mass is 10.4. The number of carbonyl (C=O) groups excluding carboxylic acids is 1. The zero-order valence-corrected chi connectivity index (χ0v) is 16.8. The van der Waals surface area contributed by atoms with Crippen LogP contribution in [0, 0.1) is 6.92 Å². The first kappa shape index (κ1) is 18.9. The van der Waals surface area contributed by atoms with Crippen LogP contribution in [0.5, 0.6) is 0 Å². The molecule has 1 saturated heterocycles. The second kappa shape index (κ2) is 8.60. The van der Waals surface area contributed by atoms with E-state index in [4.69, 9.17) is 39.6 Å². The number of nitrogens with zero attached hydrogens (tertiary/aromatic N) is 2. The molecule has 1 aromatic rings. The molecule has 0 aromatic carbocycles. The van der Waals surface area contributed by atoms with Crippen LogP contribution in [-0.2, 0) is 4.84 Å². The number of carbonyl (C=O) groups is 1. The molecule has 0 bridgehead atoms. The van der Waals surface area contributed by atoms with Gasteiger partial charge in [-0.2, -0.15) is 11.8 Å². The number of anilines is 1. The van der Waals surface area contributed by atoms with Gasteiger partial charge >= 0.3 is 6.09 Å². The van der Waals surface area contributed by atoms with Gasteiger partial charge in [0.1, 0.15) is 10.0 Å². The normalized spacial score (nSPS) is 17.5. The summed E-state index contributed by atoms with van der Waals surface area (Å²) in [5.41, 5.74) is 1.01. The fraction of sp³-hybridized carbons (Fsp3) is 0.455. The summed E-state index contributed by atoms with van der Waals surface area (Å²) in [7, 11) is 0. The second-order valence-electron chi connectivity index (χ2n) is 4.04. The number of amides is 1. The minimum Gasteiger partial charge on any atom is -0.296 e. The van der Waals surface area contributed by atoms with Gasteiger partial charge in [0.05, 0.1) is 0 Å². The SMILES string of the molecule is Cc1csc(N(SC(Cl)(Cl)Cl)C(=O)ON=C2CSCCS2)c1. The molecule has 0 radical (unpaired) electrons. The summed E-state index contributed by atoms with van der Waals surface area (Å²) in [4.78, 5) is 17.3. The summed E-state index contributed by atoms with van der Waals surface area (Å²) < 4.78 is -0.477. The van der Waals surface area contributed by atoms with Crippen molar-refractivity contribution in [3.63, 3.8) is 0 Å². The Morgan fingerprint density at radius 1 is 1.45 bits per heavy atom. The van der Waals surface area contributed by atoms with Gasteiger partial charge in [0.2, 0.25) is 0 Å². The molecule has 22 heavy (non-hydrogen) atoms. The molecule has 1 aromatic heterocycles. The molecule has 4 nitrogen and oxygen atoms in total. The Balaban J connectivity index is 2.08. The minimum absolute atomic E-state index is 0.615. The van der Waals surface area contributed by atoms with Crippen LogP contribution in [-0.4, -0.2) is 31.5 Å². The van der Waals surface area contributed by atoms with E-state index >= 15 is 0 Å². The quantitative estimate of drug-likeness (QED) is 0.260. The van der Waals surface area contributed by atoms with Gasteiger partial charge in [-0.25, -0.2) is 9.10 Å². The molecule has 2 rings (SSSR count). The van der Waals surface area contributed by atoms with Gasteiger partial charge in [-0.05, 0) is 23.9 Å². The molecule has 0 saturated carbocycles. The highest BCUT2D eigenvalue weighted by Gasteiger charge is 2.32. The summed E-state index contributed by atoms with van der Waals surface area (Å²) in [5, 5.41) is 7.19. The van der Waals surface area contributed by atoms with Gasteiger partial charge in [0.15, 0.2) is 0 Å². The summed E-state index contributed by atoms with van der Waals surface area (Å²) in [5.74, 6) is 2.77. The van der Waals surface area contributed by atoms with Gasteiger partial charge in [0.25, 0.3) is 3.12 Å². The average Bonchev–Trinajstić information content (AvgIpc) is 2.89. The van der Waals surface area contributed by atoms with Gasteiger partial charge in [0, 0.05) is 29.2 Å². The van der Waals surface area contributed by atoms with Crippen LogP contribution in [0.1, 0.15) is 5.56 Å². The fourth-order valence-electron chi connectivity index (χ4n) is 1.40. The smallest absolute Gasteiger partial charge is 0.296 e. The number of oxime groups is 1. The monoisotopic (exact) mass is 436 g/mol. The maximum atomic E-state index is 12.3. The molecule has 1 fully saturated rings. The first-order valence-corrected chi connectivity index (χ1v) is 10.9. The van der Waals surface area contributed by atoms with Crippen LogP contribution >= 0.6 is 81.6 Å². The summed E-state index contributed by atoms with van der Waals surface area (Å²) in [6.07, 6.45) is -0.693. The Bertz CT molecular complexity index is 554. The number of aryl methyl sites for hydroxylation is 1. The summed E-state index contributed by atoms with van der Waals surface area (Å²) in [6, 6.07) is 1.81. The zero-order chi connectivity index (χ0) is 16.2. The molecular formula is C11H11Cl3N2O2S4. The third-order valence-electron chi connectivity index (χ3n) is 2.22. The number of thiophene rings is 1. The Hall–Kier alpha value is 0.560. The van der Waals surface area contributed by atoms with Gasteiger partial charge in [-0.1, -0.05) is 40.0 Å². The minimum atomic E-state index is -1.68. The number of thioether (sulfide) groups is 2. The topological polar surface area (TPSA) is 41.9 Å². The van der Waals surface area contributed by atoms with Crippen molar-refractivity contribution in [3.05, 3.63) is 17.0 Å². The number of rotatable bonds is 3. The third-order valence-corrected chi connectivity index (χ3v) is 7.10. The average molecular weight is 438 g/mol. The molecule has 1 aliphatic heterocycles. The highest BCUT2D eigenvalue weighted by Crippen LogP contribution is 2.44. The number of halogens is 3. The van der Waals surface area contributed by atoms with E-state index in [1.54, 1.807) is 23.5 Å². The van der Waals surface area contributed by atoms with Crippen molar-refractivity contribution >= 4 is 97.7 Å². The van der Waals surface area contributed by atoms with Crippen molar-refractivity contribution < 1.29 is 9.63 Å². The Kier molecular flexibility index (Phi) is 7.38. The highest BCUT2D eigenvalue weighted by atomic mass is 35.6. The number of alkyl halides is 3. The van der Waals surface area contributed by atoms with Gasteiger partial charge in [-0.15, -0.1) is 23.1 Å². The van der Waals surface area contributed by atoms with E-state index in [9.17, 15) is 4.79 Å². The van der Waals surface area contributed by atoms with Crippen LogP contribution in [0.25, 0.3) is 0 Å². The molecular weight excluding hydrogens is 427 g/mol. The van der Waals surface area contributed by atoms with Crippen molar-refractivity contribution in [2.24, 2.45) is 5.16 Å². The van der Waals surface area contributed by atoms with E-state index in [2.05, 4.69) is 5.16 Å². The lowest BCUT2D eigenvalue weighted by molar-refractivity contribution is 0.163. The van der Waals surface area contributed by atoms with Crippen LogP contribution in [0.4, 0.5) is 9.80 Å². The molecule has 0 N–H and O–H groups in total. The molecule has 0 atom stereocenters. The maximum absolute atomic E-state index is 12.3. The zero-order valence-electron chi connectivity index (χ0n) is 11.3. The molecule has 2 heterocycles. The van der Waals surface area contributed by atoms with Crippen molar-refractivity contribution in [3.8, 4) is 0 Å². The van der Waals surface area contributed by atoms with Crippen LogP contribution in [0.2, 0.25) is 0 Å². The van der Waals surface area contributed by atoms with Crippen molar-refractivity contribution in [2.75, 3.05) is 21.6 Å².